The first-order valence-corrected chi connectivity index (χ1v) is 9.06. The molecule has 3 rings (SSSR count). The number of hydrogen-bond acceptors (Lipinski definition) is 3. The second-order valence-electron chi connectivity index (χ2n) is 6.79. The lowest BCUT2D eigenvalue weighted by atomic mass is 9.98. The van der Waals surface area contributed by atoms with Crippen LogP contribution in [0, 0.1) is 11.7 Å². The molecule has 142 valence electrons. The molecular weight excluding hydrogens is 347 g/mol. The number of carbonyl (C=O) groups is 2. The Hall–Kier alpha value is -2.89. The lowest BCUT2D eigenvalue weighted by Crippen LogP contribution is -2.41. The first-order valence-electron chi connectivity index (χ1n) is 9.06. The summed E-state index contributed by atoms with van der Waals surface area (Å²) in [6.45, 7) is 3.17. The van der Waals surface area contributed by atoms with Crippen LogP contribution in [0.5, 0.6) is 5.75 Å². The summed E-state index contributed by atoms with van der Waals surface area (Å²) in [4.78, 5) is 25.8. The molecule has 2 amide bonds. The Morgan fingerprint density at radius 1 is 1.22 bits per heavy atom. The van der Waals surface area contributed by atoms with Gasteiger partial charge in [0.05, 0.1) is 6.61 Å². The van der Waals surface area contributed by atoms with Gasteiger partial charge in [-0.1, -0.05) is 12.1 Å². The molecule has 0 bridgehead atoms. The molecular formula is C21H23FN2O3. The number of likely N-dealkylation sites (tertiary alicyclic amines) is 1. The van der Waals surface area contributed by atoms with Crippen molar-refractivity contribution < 1.29 is 18.7 Å². The Kier molecular flexibility index (Phi) is 6.06. The molecule has 1 aliphatic heterocycles. The van der Waals surface area contributed by atoms with Crippen LogP contribution in [0.1, 0.15) is 30.1 Å². The van der Waals surface area contributed by atoms with E-state index in [4.69, 9.17) is 4.74 Å². The van der Waals surface area contributed by atoms with Gasteiger partial charge in [-0.2, -0.15) is 0 Å². The Bertz CT molecular complexity index is 825. The number of rotatable bonds is 5. The van der Waals surface area contributed by atoms with Crippen LogP contribution >= 0.6 is 0 Å². The molecule has 0 aliphatic carbocycles. The van der Waals surface area contributed by atoms with Gasteiger partial charge >= 0.3 is 0 Å². The maximum absolute atomic E-state index is 13.2. The topological polar surface area (TPSA) is 58.6 Å². The number of halogens is 1. The zero-order valence-electron chi connectivity index (χ0n) is 15.3. The molecule has 0 spiro atoms. The lowest BCUT2D eigenvalue weighted by Gasteiger charge is -2.32. The number of carbonyl (C=O) groups excluding carboxylic acids is 2. The van der Waals surface area contributed by atoms with E-state index in [0.29, 0.717) is 36.7 Å². The van der Waals surface area contributed by atoms with E-state index in [1.54, 1.807) is 36.4 Å². The van der Waals surface area contributed by atoms with E-state index in [0.717, 1.165) is 12.8 Å². The fraction of sp³-hybridized carbons (Fsp3) is 0.333. The van der Waals surface area contributed by atoms with Crippen molar-refractivity contribution in [3.05, 3.63) is 59.9 Å². The third kappa shape index (κ3) is 5.29. The van der Waals surface area contributed by atoms with E-state index in [2.05, 4.69) is 5.32 Å². The third-order valence-electron chi connectivity index (χ3n) is 4.52. The fourth-order valence-corrected chi connectivity index (χ4v) is 3.27. The highest BCUT2D eigenvalue weighted by Crippen LogP contribution is 2.22. The molecule has 1 aliphatic rings. The summed E-state index contributed by atoms with van der Waals surface area (Å²) in [7, 11) is 0. The van der Waals surface area contributed by atoms with Gasteiger partial charge in [0, 0.05) is 43.2 Å². The third-order valence-corrected chi connectivity index (χ3v) is 4.52. The normalized spacial score (nSPS) is 16.7. The highest BCUT2D eigenvalue weighted by Gasteiger charge is 2.25. The van der Waals surface area contributed by atoms with Gasteiger partial charge in [0.15, 0.2) is 0 Å². The predicted molar refractivity (Wildman–Crippen MR) is 101 cm³/mol. The van der Waals surface area contributed by atoms with Crippen LogP contribution in [0.25, 0.3) is 0 Å². The monoisotopic (exact) mass is 370 g/mol. The van der Waals surface area contributed by atoms with E-state index in [1.165, 1.54) is 19.1 Å². The van der Waals surface area contributed by atoms with Crippen LogP contribution < -0.4 is 10.1 Å². The van der Waals surface area contributed by atoms with Crippen molar-refractivity contribution in [1.82, 2.24) is 4.90 Å². The highest BCUT2D eigenvalue weighted by atomic mass is 19.1. The van der Waals surface area contributed by atoms with Crippen molar-refractivity contribution in [2.75, 3.05) is 25.0 Å². The molecule has 2 aromatic carbocycles. The van der Waals surface area contributed by atoms with Gasteiger partial charge in [-0.15, -0.1) is 0 Å². The van der Waals surface area contributed by atoms with E-state index < -0.39 is 0 Å². The van der Waals surface area contributed by atoms with Gasteiger partial charge in [0.1, 0.15) is 11.6 Å². The number of hydrogen-bond donors (Lipinski definition) is 1. The van der Waals surface area contributed by atoms with E-state index in [1.807, 2.05) is 4.90 Å². The summed E-state index contributed by atoms with van der Waals surface area (Å²) in [6.07, 6.45) is 1.86. The van der Waals surface area contributed by atoms with Gasteiger partial charge in [-0.3, -0.25) is 9.59 Å². The zero-order chi connectivity index (χ0) is 19.2. The van der Waals surface area contributed by atoms with Gasteiger partial charge in [0.2, 0.25) is 5.91 Å². The average molecular weight is 370 g/mol. The van der Waals surface area contributed by atoms with Crippen LogP contribution in [-0.4, -0.2) is 36.4 Å². The SMILES string of the molecule is CC(=O)Nc1cccc(C(=O)N2CCC[C@H](COc3cccc(F)c3)C2)c1. The first kappa shape index (κ1) is 18.9. The Morgan fingerprint density at radius 2 is 2.04 bits per heavy atom. The molecule has 2 aromatic rings. The highest BCUT2D eigenvalue weighted by molar-refractivity contribution is 5.96. The van der Waals surface area contributed by atoms with Gasteiger partial charge in [-0.05, 0) is 43.2 Å². The van der Waals surface area contributed by atoms with Crippen LogP contribution in [0.3, 0.4) is 0 Å². The number of piperidine rings is 1. The van der Waals surface area contributed by atoms with Crippen molar-refractivity contribution in [3.8, 4) is 5.75 Å². The molecule has 27 heavy (non-hydrogen) atoms. The van der Waals surface area contributed by atoms with E-state index in [-0.39, 0.29) is 23.5 Å². The second kappa shape index (κ2) is 8.66. The average Bonchev–Trinajstić information content (AvgIpc) is 2.66. The number of benzene rings is 2. The minimum absolute atomic E-state index is 0.0577. The zero-order valence-corrected chi connectivity index (χ0v) is 15.3. The Morgan fingerprint density at radius 3 is 2.81 bits per heavy atom. The smallest absolute Gasteiger partial charge is 0.253 e. The van der Waals surface area contributed by atoms with Crippen LogP contribution in [0.15, 0.2) is 48.5 Å². The molecule has 0 aromatic heterocycles. The molecule has 1 fully saturated rings. The standard InChI is InChI=1S/C21H23FN2O3/c1-15(25)23-19-8-2-6-17(11-19)21(26)24-10-4-5-16(13-24)14-27-20-9-3-7-18(22)12-20/h2-3,6-9,11-12,16H,4-5,10,13-14H2,1H3,(H,23,25)/t16-/m0/s1. The molecule has 5 nitrogen and oxygen atoms in total. The maximum Gasteiger partial charge on any atom is 0.253 e. The van der Waals surface area contributed by atoms with E-state index in [9.17, 15) is 14.0 Å². The fourth-order valence-electron chi connectivity index (χ4n) is 3.27. The Labute approximate surface area is 158 Å². The quantitative estimate of drug-likeness (QED) is 0.873. The summed E-state index contributed by atoms with van der Waals surface area (Å²) >= 11 is 0. The van der Waals surface area contributed by atoms with Crippen molar-refractivity contribution in [2.45, 2.75) is 19.8 Å². The second-order valence-corrected chi connectivity index (χ2v) is 6.79. The maximum atomic E-state index is 13.2. The predicted octanol–water partition coefficient (Wildman–Crippen LogP) is 3.72. The van der Waals surface area contributed by atoms with Crippen LogP contribution in [0.2, 0.25) is 0 Å². The van der Waals surface area contributed by atoms with Crippen LogP contribution in [0.4, 0.5) is 10.1 Å². The number of ether oxygens (including phenoxy) is 1. The Balaban J connectivity index is 1.60. The van der Waals surface area contributed by atoms with E-state index >= 15 is 0 Å². The summed E-state index contributed by atoms with van der Waals surface area (Å²) < 4.78 is 18.9. The molecule has 1 heterocycles. The lowest BCUT2D eigenvalue weighted by molar-refractivity contribution is -0.114. The minimum atomic E-state index is -0.327. The number of amides is 2. The summed E-state index contributed by atoms with van der Waals surface area (Å²) in [5, 5.41) is 2.69. The molecule has 0 unspecified atom stereocenters. The number of nitrogens with one attached hydrogen (secondary N) is 1. The molecule has 6 heteroatoms. The molecule has 1 saturated heterocycles. The number of anilines is 1. The molecule has 1 atom stereocenters. The largest absolute Gasteiger partial charge is 0.493 e. The summed E-state index contributed by atoms with van der Waals surface area (Å²) in [5.74, 6) is 0.141. The molecule has 0 saturated carbocycles. The summed E-state index contributed by atoms with van der Waals surface area (Å²) in [5.41, 5.74) is 1.16. The molecule has 1 N–H and O–H groups in total. The van der Waals surface area contributed by atoms with Crippen molar-refractivity contribution in [1.29, 1.82) is 0 Å². The van der Waals surface area contributed by atoms with Crippen molar-refractivity contribution in [3.63, 3.8) is 0 Å². The first-order chi connectivity index (χ1) is 13.0. The summed E-state index contributed by atoms with van der Waals surface area (Å²) in [6, 6.07) is 13.0. The van der Waals surface area contributed by atoms with Gasteiger partial charge < -0.3 is 15.0 Å². The van der Waals surface area contributed by atoms with Crippen LogP contribution in [-0.2, 0) is 4.79 Å². The van der Waals surface area contributed by atoms with Gasteiger partial charge in [0.25, 0.3) is 5.91 Å². The minimum Gasteiger partial charge on any atom is -0.493 e. The number of nitrogens with zero attached hydrogens (tertiary/aromatic N) is 1. The van der Waals surface area contributed by atoms with Gasteiger partial charge in [-0.25, -0.2) is 4.39 Å². The van der Waals surface area contributed by atoms with Crippen molar-refractivity contribution >= 4 is 17.5 Å². The van der Waals surface area contributed by atoms with Crippen molar-refractivity contribution in [2.24, 2.45) is 5.92 Å². The molecule has 0 radical (unpaired) electrons.